The highest BCUT2D eigenvalue weighted by molar-refractivity contribution is 5.84. The van der Waals surface area contributed by atoms with E-state index in [1.807, 2.05) is 0 Å². The zero-order valence-corrected chi connectivity index (χ0v) is 13.8. The molecule has 1 saturated heterocycles. The Morgan fingerprint density at radius 1 is 1.52 bits per heavy atom. The number of alkyl halides is 1. The predicted octanol–water partition coefficient (Wildman–Crippen LogP) is 0.813. The van der Waals surface area contributed by atoms with Crippen LogP contribution in [-0.4, -0.2) is 68.3 Å². The lowest BCUT2D eigenvalue weighted by Gasteiger charge is -2.24. The van der Waals surface area contributed by atoms with Crippen molar-refractivity contribution >= 4 is 22.9 Å². The number of rotatable bonds is 4. The lowest BCUT2D eigenvalue weighted by molar-refractivity contribution is -0.0566. The number of aromatic nitrogens is 4. The molecule has 2 aromatic heterocycles. The van der Waals surface area contributed by atoms with Gasteiger partial charge in [0, 0.05) is 19.0 Å². The molecule has 0 unspecified atom stereocenters. The summed E-state index contributed by atoms with van der Waals surface area (Å²) < 4.78 is 21.8. The normalized spacial score (nSPS) is 29.0. The van der Waals surface area contributed by atoms with Crippen molar-refractivity contribution < 1.29 is 19.3 Å². The van der Waals surface area contributed by atoms with Crippen molar-refractivity contribution in [2.75, 3.05) is 25.6 Å². The van der Waals surface area contributed by atoms with Gasteiger partial charge in [-0.05, 0) is 17.6 Å². The molecule has 2 N–H and O–H groups in total. The molecule has 12 heteroatoms. The lowest BCUT2D eigenvalue weighted by Crippen LogP contribution is -2.40. The van der Waals surface area contributed by atoms with Gasteiger partial charge in [0.2, 0.25) is 5.95 Å². The molecule has 4 atom stereocenters. The zero-order chi connectivity index (χ0) is 18.4. The van der Waals surface area contributed by atoms with E-state index in [0.29, 0.717) is 11.3 Å². The van der Waals surface area contributed by atoms with Gasteiger partial charge in [0.25, 0.3) is 0 Å². The predicted molar refractivity (Wildman–Crippen MR) is 85.0 cm³/mol. The summed E-state index contributed by atoms with van der Waals surface area (Å²) in [6, 6.07) is 0. The number of aliphatic hydroxyl groups is 2. The van der Waals surface area contributed by atoms with E-state index in [1.165, 1.54) is 17.8 Å². The van der Waals surface area contributed by atoms with Gasteiger partial charge in [0.1, 0.15) is 12.2 Å². The topological polar surface area (TPSA) is 145 Å². The van der Waals surface area contributed by atoms with Gasteiger partial charge in [0.05, 0.1) is 12.9 Å². The Kier molecular flexibility index (Phi) is 4.21. The van der Waals surface area contributed by atoms with Crippen molar-refractivity contribution in [3.63, 3.8) is 0 Å². The third-order valence-electron chi connectivity index (χ3n) is 4.10. The number of hydrogen-bond donors (Lipinski definition) is 2. The first-order chi connectivity index (χ1) is 11.8. The molecule has 2 aromatic rings. The Morgan fingerprint density at radius 2 is 2.24 bits per heavy atom. The molecule has 0 aromatic carbocycles. The Bertz CT molecular complexity index is 847. The van der Waals surface area contributed by atoms with E-state index in [2.05, 4.69) is 25.0 Å². The van der Waals surface area contributed by atoms with E-state index in [-0.39, 0.29) is 11.6 Å². The largest absolute Gasteiger partial charge is 0.394 e. The van der Waals surface area contributed by atoms with Gasteiger partial charge in [-0.3, -0.25) is 4.57 Å². The summed E-state index contributed by atoms with van der Waals surface area (Å²) >= 11 is 0. The van der Waals surface area contributed by atoms with Crippen LogP contribution in [0.15, 0.2) is 11.4 Å². The molecular formula is C13H17FN8O3. The molecule has 1 fully saturated rings. The number of anilines is 1. The van der Waals surface area contributed by atoms with Gasteiger partial charge in [-0.15, -0.1) is 0 Å². The first-order valence-electron chi connectivity index (χ1n) is 7.41. The minimum atomic E-state index is -2.19. The Hall–Kier alpha value is -2.53. The van der Waals surface area contributed by atoms with Gasteiger partial charge in [-0.25, -0.2) is 19.3 Å². The summed E-state index contributed by atoms with van der Waals surface area (Å²) in [5, 5.41) is 22.7. The highest BCUT2D eigenvalue weighted by atomic mass is 19.1. The molecule has 11 nitrogen and oxygen atoms in total. The molecule has 1 aliphatic heterocycles. The van der Waals surface area contributed by atoms with Crippen LogP contribution >= 0.6 is 0 Å². The molecule has 3 heterocycles. The summed E-state index contributed by atoms with van der Waals surface area (Å²) in [7, 11) is 3.44. The van der Waals surface area contributed by atoms with Crippen molar-refractivity contribution in [3.05, 3.63) is 16.8 Å². The summed E-state index contributed by atoms with van der Waals surface area (Å²) in [5.74, 6) is 0.224. The number of hydrogen-bond acceptors (Lipinski definition) is 8. The molecule has 0 bridgehead atoms. The van der Waals surface area contributed by atoms with Crippen LogP contribution in [0.4, 0.5) is 16.2 Å². The van der Waals surface area contributed by atoms with Crippen LogP contribution in [0.5, 0.6) is 0 Å². The average molecular weight is 352 g/mol. The van der Waals surface area contributed by atoms with E-state index >= 15 is 4.39 Å². The fourth-order valence-electron chi connectivity index (χ4n) is 2.82. The number of ether oxygens (including phenoxy) is 1. The van der Waals surface area contributed by atoms with E-state index in [4.69, 9.17) is 10.3 Å². The quantitative estimate of drug-likeness (QED) is 0.470. The SMILES string of the molecule is CN(C)c1nc(N=[N+]=[N-])nc2c1ncn2[C@@H]1O[C@H](CO)[C@@H](O)[C@@]1(C)F. The van der Waals surface area contributed by atoms with E-state index in [0.717, 1.165) is 0 Å². The minimum Gasteiger partial charge on any atom is -0.394 e. The first kappa shape index (κ1) is 17.3. The number of aliphatic hydroxyl groups excluding tert-OH is 2. The second-order valence-electron chi connectivity index (χ2n) is 6.06. The number of halogens is 1. The maximum atomic E-state index is 15.0. The fraction of sp³-hybridized carbons (Fsp3) is 0.615. The van der Waals surface area contributed by atoms with Crippen LogP contribution in [0.2, 0.25) is 0 Å². The molecule has 0 aliphatic carbocycles. The van der Waals surface area contributed by atoms with Crippen molar-refractivity contribution in [3.8, 4) is 0 Å². The van der Waals surface area contributed by atoms with E-state index in [1.54, 1.807) is 19.0 Å². The average Bonchev–Trinajstić information content (AvgIpc) is 3.06. The van der Waals surface area contributed by atoms with Gasteiger partial charge in [-0.1, -0.05) is 0 Å². The van der Waals surface area contributed by atoms with E-state index in [9.17, 15) is 10.2 Å². The van der Waals surface area contributed by atoms with Crippen molar-refractivity contribution in [2.24, 2.45) is 5.11 Å². The Morgan fingerprint density at radius 3 is 2.80 bits per heavy atom. The van der Waals surface area contributed by atoms with Gasteiger partial charge in [-0.2, -0.15) is 0 Å². The monoisotopic (exact) mass is 352 g/mol. The number of fused-ring (bicyclic) bond motifs is 1. The molecule has 0 radical (unpaired) electrons. The van der Waals surface area contributed by atoms with Crippen LogP contribution in [0, 0.1) is 0 Å². The molecule has 3 rings (SSSR count). The summed E-state index contributed by atoms with van der Waals surface area (Å²) in [4.78, 5) is 16.7. The third kappa shape index (κ3) is 2.65. The zero-order valence-electron chi connectivity index (χ0n) is 13.8. The van der Waals surface area contributed by atoms with Gasteiger partial charge < -0.3 is 19.8 Å². The van der Waals surface area contributed by atoms with Crippen LogP contribution in [0.25, 0.3) is 21.6 Å². The van der Waals surface area contributed by atoms with Crippen molar-refractivity contribution in [1.29, 1.82) is 0 Å². The smallest absolute Gasteiger partial charge is 0.220 e. The standard InChI is InChI=1S/C13H17FN8O3/c1-13(14)8(24)6(4-23)25-11(13)22-5-16-7-9(21(2)3)17-12(19-20-15)18-10(7)22/h5-6,8,11,23-24H,4H2,1-3H3/t6-,8-,11-,13-/m1/s1. The van der Waals surface area contributed by atoms with Crippen LogP contribution < -0.4 is 4.90 Å². The van der Waals surface area contributed by atoms with Gasteiger partial charge >= 0.3 is 0 Å². The maximum absolute atomic E-state index is 15.0. The number of nitrogens with zero attached hydrogens (tertiary/aromatic N) is 8. The Balaban J connectivity index is 2.19. The van der Waals surface area contributed by atoms with Crippen molar-refractivity contribution in [2.45, 2.75) is 31.0 Å². The molecule has 0 spiro atoms. The molecule has 1 aliphatic rings. The number of imidazole rings is 1. The third-order valence-corrected chi connectivity index (χ3v) is 4.10. The van der Waals surface area contributed by atoms with E-state index < -0.39 is 30.7 Å². The fourth-order valence-corrected chi connectivity index (χ4v) is 2.82. The van der Waals surface area contributed by atoms with Crippen LogP contribution in [-0.2, 0) is 4.74 Å². The van der Waals surface area contributed by atoms with Crippen molar-refractivity contribution in [1.82, 2.24) is 19.5 Å². The second kappa shape index (κ2) is 6.08. The van der Waals surface area contributed by atoms with Crippen LogP contribution in [0.3, 0.4) is 0 Å². The second-order valence-corrected chi connectivity index (χ2v) is 6.06. The highest BCUT2D eigenvalue weighted by Crippen LogP contribution is 2.42. The summed E-state index contributed by atoms with van der Waals surface area (Å²) in [5.41, 5.74) is 6.97. The first-order valence-corrected chi connectivity index (χ1v) is 7.41. The minimum absolute atomic E-state index is 0.154. The number of azide groups is 1. The van der Waals surface area contributed by atoms with Gasteiger partial charge in [0.15, 0.2) is 28.9 Å². The summed E-state index contributed by atoms with van der Waals surface area (Å²) in [6.07, 6.45) is -2.56. The lowest BCUT2D eigenvalue weighted by atomic mass is 9.98. The molecule has 0 saturated carbocycles. The summed E-state index contributed by atoms with van der Waals surface area (Å²) in [6.45, 7) is 0.637. The molecular weight excluding hydrogens is 335 g/mol. The Labute approximate surface area is 141 Å². The molecule has 25 heavy (non-hydrogen) atoms. The van der Waals surface area contributed by atoms with Crippen LogP contribution in [0.1, 0.15) is 13.2 Å². The molecule has 134 valence electrons. The molecule has 0 amide bonds. The highest BCUT2D eigenvalue weighted by Gasteiger charge is 2.55. The maximum Gasteiger partial charge on any atom is 0.220 e.